The van der Waals surface area contributed by atoms with Crippen LogP contribution in [0.25, 0.3) is 0 Å². The van der Waals surface area contributed by atoms with Crippen molar-refractivity contribution in [3.63, 3.8) is 0 Å². The van der Waals surface area contributed by atoms with Crippen LogP contribution in [-0.2, 0) is 6.54 Å². The van der Waals surface area contributed by atoms with E-state index in [2.05, 4.69) is 39.0 Å². The van der Waals surface area contributed by atoms with E-state index < -0.39 is 0 Å². The number of aromatic nitrogens is 1. The van der Waals surface area contributed by atoms with E-state index in [0.29, 0.717) is 0 Å². The number of nitrogens with zero attached hydrogens (tertiary/aromatic N) is 2. The summed E-state index contributed by atoms with van der Waals surface area (Å²) in [5.41, 5.74) is 9.36. The minimum Gasteiger partial charge on any atom is -0.397 e. The van der Waals surface area contributed by atoms with E-state index in [1.165, 1.54) is 11.4 Å². The zero-order chi connectivity index (χ0) is 13.1. The van der Waals surface area contributed by atoms with Crippen molar-refractivity contribution in [2.45, 2.75) is 6.54 Å². The standard InChI is InChI=1S/C15H20N4/c16-14-5-1-2-6-15(14)19-10-8-18(9-11-19)12-13-4-3-7-17-13/h1-7,17H,8-12,16H2. The van der Waals surface area contributed by atoms with Gasteiger partial charge in [0, 0.05) is 44.6 Å². The van der Waals surface area contributed by atoms with Gasteiger partial charge in [-0.05, 0) is 24.3 Å². The molecule has 0 saturated carbocycles. The number of para-hydroxylation sites is 2. The van der Waals surface area contributed by atoms with Crippen LogP contribution in [0.2, 0.25) is 0 Å². The predicted molar refractivity (Wildman–Crippen MR) is 79.1 cm³/mol. The molecule has 4 nitrogen and oxygen atoms in total. The second-order valence-electron chi connectivity index (χ2n) is 5.02. The fourth-order valence-electron chi connectivity index (χ4n) is 2.63. The van der Waals surface area contributed by atoms with Crippen LogP contribution in [0, 0.1) is 0 Å². The molecule has 1 aliphatic rings. The fraction of sp³-hybridized carbons (Fsp3) is 0.333. The third-order valence-corrected chi connectivity index (χ3v) is 3.71. The van der Waals surface area contributed by atoms with E-state index in [0.717, 1.165) is 38.4 Å². The molecule has 100 valence electrons. The number of H-pyrrole nitrogens is 1. The Morgan fingerprint density at radius 3 is 2.47 bits per heavy atom. The number of nitrogen functional groups attached to an aromatic ring is 1. The summed E-state index contributed by atoms with van der Waals surface area (Å²) >= 11 is 0. The number of benzene rings is 1. The molecule has 2 aromatic rings. The van der Waals surface area contributed by atoms with Crippen molar-refractivity contribution in [3.05, 3.63) is 48.3 Å². The number of rotatable bonds is 3. The lowest BCUT2D eigenvalue weighted by molar-refractivity contribution is 0.247. The predicted octanol–water partition coefficient (Wildman–Crippen LogP) is 1.92. The van der Waals surface area contributed by atoms with Gasteiger partial charge in [0.25, 0.3) is 0 Å². The lowest BCUT2D eigenvalue weighted by Gasteiger charge is -2.36. The highest BCUT2D eigenvalue weighted by molar-refractivity contribution is 5.67. The van der Waals surface area contributed by atoms with Crippen molar-refractivity contribution in [2.75, 3.05) is 36.8 Å². The molecule has 0 unspecified atom stereocenters. The van der Waals surface area contributed by atoms with Crippen LogP contribution < -0.4 is 10.6 Å². The third-order valence-electron chi connectivity index (χ3n) is 3.71. The number of hydrogen-bond donors (Lipinski definition) is 2. The summed E-state index contributed by atoms with van der Waals surface area (Å²) in [7, 11) is 0. The molecule has 0 atom stereocenters. The van der Waals surface area contributed by atoms with Gasteiger partial charge in [0.05, 0.1) is 11.4 Å². The van der Waals surface area contributed by atoms with Gasteiger partial charge in [0.2, 0.25) is 0 Å². The highest BCUT2D eigenvalue weighted by Gasteiger charge is 2.18. The van der Waals surface area contributed by atoms with Crippen LogP contribution in [0.5, 0.6) is 0 Å². The number of anilines is 2. The first-order chi connectivity index (χ1) is 9.33. The molecule has 1 aromatic heterocycles. The molecule has 4 heteroatoms. The molecule has 3 N–H and O–H groups in total. The first-order valence-corrected chi connectivity index (χ1v) is 6.77. The van der Waals surface area contributed by atoms with E-state index in [1.807, 2.05) is 18.3 Å². The average molecular weight is 256 g/mol. The molecule has 1 aliphatic heterocycles. The minimum atomic E-state index is 0.875. The van der Waals surface area contributed by atoms with Crippen LogP contribution in [0.4, 0.5) is 11.4 Å². The molecule has 2 heterocycles. The number of hydrogen-bond acceptors (Lipinski definition) is 3. The smallest absolute Gasteiger partial charge is 0.0600 e. The lowest BCUT2D eigenvalue weighted by Crippen LogP contribution is -2.46. The molecule has 0 amide bonds. The summed E-state index contributed by atoms with van der Waals surface area (Å²) in [6.07, 6.45) is 1.98. The SMILES string of the molecule is Nc1ccccc1N1CCN(Cc2ccc[nH]2)CC1. The van der Waals surface area contributed by atoms with Gasteiger partial charge in [-0.2, -0.15) is 0 Å². The zero-order valence-corrected chi connectivity index (χ0v) is 11.0. The van der Waals surface area contributed by atoms with Gasteiger partial charge in [-0.3, -0.25) is 4.90 Å². The molecule has 0 spiro atoms. The summed E-state index contributed by atoms with van der Waals surface area (Å²) in [6, 6.07) is 12.3. The topological polar surface area (TPSA) is 48.3 Å². The molecule has 0 aliphatic carbocycles. The summed E-state index contributed by atoms with van der Waals surface area (Å²) in [5, 5.41) is 0. The summed E-state index contributed by atoms with van der Waals surface area (Å²) in [4.78, 5) is 8.11. The molecule has 1 aromatic carbocycles. The molecule has 0 radical (unpaired) electrons. The van der Waals surface area contributed by atoms with Gasteiger partial charge < -0.3 is 15.6 Å². The zero-order valence-electron chi connectivity index (χ0n) is 11.0. The Labute approximate surface area is 113 Å². The maximum Gasteiger partial charge on any atom is 0.0600 e. The molecular formula is C15H20N4. The monoisotopic (exact) mass is 256 g/mol. The van der Waals surface area contributed by atoms with E-state index >= 15 is 0 Å². The Bertz CT molecular complexity index is 513. The van der Waals surface area contributed by atoms with Crippen LogP contribution in [-0.4, -0.2) is 36.1 Å². The first kappa shape index (κ1) is 12.1. The summed E-state index contributed by atoms with van der Waals surface area (Å²) in [5.74, 6) is 0. The minimum absolute atomic E-state index is 0.875. The molecule has 0 bridgehead atoms. The van der Waals surface area contributed by atoms with Crippen LogP contribution in [0.1, 0.15) is 5.69 Å². The molecule has 1 fully saturated rings. The van der Waals surface area contributed by atoms with E-state index in [1.54, 1.807) is 0 Å². The van der Waals surface area contributed by atoms with Crippen LogP contribution >= 0.6 is 0 Å². The second kappa shape index (κ2) is 5.36. The van der Waals surface area contributed by atoms with Crippen LogP contribution in [0.3, 0.4) is 0 Å². The van der Waals surface area contributed by atoms with Crippen molar-refractivity contribution in [1.82, 2.24) is 9.88 Å². The fourth-order valence-corrected chi connectivity index (χ4v) is 2.63. The highest BCUT2D eigenvalue weighted by atomic mass is 15.3. The summed E-state index contributed by atoms with van der Waals surface area (Å²) < 4.78 is 0. The van der Waals surface area contributed by atoms with Crippen molar-refractivity contribution in [2.24, 2.45) is 0 Å². The first-order valence-electron chi connectivity index (χ1n) is 6.77. The number of nitrogens with one attached hydrogen (secondary N) is 1. The Morgan fingerprint density at radius 2 is 1.79 bits per heavy atom. The van der Waals surface area contributed by atoms with Gasteiger partial charge in [0.15, 0.2) is 0 Å². The normalized spacial score (nSPS) is 16.7. The largest absolute Gasteiger partial charge is 0.397 e. The molecular weight excluding hydrogens is 236 g/mol. The quantitative estimate of drug-likeness (QED) is 0.825. The molecule has 19 heavy (non-hydrogen) atoms. The van der Waals surface area contributed by atoms with Gasteiger partial charge in [-0.15, -0.1) is 0 Å². The molecule has 1 saturated heterocycles. The highest BCUT2D eigenvalue weighted by Crippen LogP contribution is 2.23. The maximum absolute atomic E-state index is 6.04. The number of nitrogens with two attached hydrogens (primary N) is 1. The Balaban J connectivity index is 1.59. The second-order valence-corrected chi connectivity index (χ2v) is 5.02. The van der Waals surface area contributed by atoms with Crippen molar-refractivity contribution in [1.29, 1.82) is 0 Å². The van der Waals surface area contributed by atoms with Gasteiger partial charge in [-0.1, -0.05) is 12.1 Å². The number of piperazine rings is 1. The van der Waals surface area contributed by atoms with Crippen LogP contribution in [0.15, 0.2) is 42.6 Å². The molecule has 3 rings (SSSR count). The number of aromatic amines is 1. The van der Waals surface area contributed by atoms with Gasteiger partial charge in [0.1, 0.15) is 0 Å². The van der Waals surface area contributed by atoms with Gasteiger partial charge >= 0.3 is 0 Å². The Morgan fingerprint density at radius 1 is 1.00 bits per heavy atom. The third kappa shape index (κ3) is 2.74. The van der Waals surface area contributed by atoms with E-state index in [-0.39, 0.29) is 0 Å². The Hall–Kier alpha value is -1.94. The van der Waals surface area contributed by atoms with Crippen molar-refractivity contribution in [3.8, 4) is 0 Å². The van der Waals surface area contributed by atoms with Crippen molar-refractivity contribution < 1.29 is 0 Å². The maximum atomic E-state index is 6.04. The Kier molecular flexibility index (Phi) is 3.42. The van der Waals surface area contributed by atoms with E-state index in [9.17, 15) is 0 Å². The average Bonchev–Trinajstić information content (AvgIpc) is 2.93. The lowest BCUT2D eigenvalue weighted by atomic mass is 10.2. The summed E-state index contributed by atoms with van der Waals surface area (Å²) in [6.45, 7) is 5.23. The van der Waals surface area contributed by atoms with Crippen molar-refractivity contribution >= 4 is 11.4 Å². The van der Waals surface area contributed by atoms with Gasteiger partial charge in [-0.25, -0.2) is 0 Å². The van der Waals surface area contributed by atoms with E-state index in [4.69, 9.17) is 5.73 Å².